The van der Waals surface area contributed by atoms with Crippen LogP contribution in [-0.2, 0) is 0 Å². The minimum Gasteiger partial charge on any atom is -0.545 e. The zero-order valence-corrected chi connectivity index (χ0v) is 13.2. The molecule has 3 rings (SSSR count). The van der Waals surface area contributed by atoms with Crippen molar-refractivity contribution in [3.8, 4) is 0 Å². The lowest BCUT2D eigenvalue weighted by Gasteiger charge is -2.14. The van der Waals surface area contributed by atoms with Gasteiger partial charge in [0.1, 0.15) is 0 Å². The third kappa shape index (κ3) is 3.84. The molecule has 2 N–H and O–H groups in total. The Labute approximate surface area is 144 Å². The van der Waals surface area contributed by atoms with Gasteiger partial charge in [0, 0.05) is 11.3 Å². The number of carboxylic acid groups (broad SMARTS) is 1. The zero-order chi connectivity index (χ0) is 17.6. The molecular formula is C20H15N2O3-. The number of hydrogen-bond donors (Lipinski definition) is 2. The van der Waals surface area contributed by atoms with Crippen molar-refractivity contribution in [2.75, 3.05) is 10.6 Å². The van der Waals surface area contributed by atoms with Gasteiger partial charge in [-0.2, -0.15) is 0 Å². The van der Waals surface area contributed by atoms with Crippen LogP contribution >= 0.6 is 0 Å². The van der Waals surface area contributed by atoms with E-state index in [1.807, 2.05) is 36.4 Å². The van der Waals surface area contributed by atoms with E-state index in [0.29, 0.717) is 11.3 Å². The molecule has 1 amide bonds. The summed E-state index contributed by atoms with van der Waals surface area (Å²) < 4.78 is 0. The molecule has 3 aromatic carbocycles. The maximum Gasteiger partial charge on any atom is 0.257 e. The first kappa shape index (κ1) is 16.3. The molecule has 0 spiro atoms. The molecule has 0 unspecified atom stereocenters. The van der Waals surface area contributed by atoms with Gasteiger partial charge in [-0.25, -0.2) is 0 Å². The van der Waals surface area contributed by atoms with Crippen LogP contribution in [0.3, 0.4) is 0 Å². The first-order valence-corrected chi connectivity index (χ1v) is 7.68. The van der Waals surface area contributed by atoms with Crippen LogP contribution < -0.4 is 15.7 Å². The lowest BCUT2D eigenvalue weighted by atomic mass is 10.1. The lowest BCUT2D eigenvalue weighted by Crippen LogP contribution is -2.25. The van der Waals surface area contributed by atoms with Crippen molar-refractivity contribution < 1.29 is 14.7 Å². The van der Waals surface area contributed by atoms with Crippen LogP contribution in [0, 0.1) is 0 Å². The third-order valence-corrected chi connectivity index (χ3v) is 3.62. The molecule has 0 aliphatic rings. The summed E-state index contributed by atoms with van der Waals surface area (Å²) in [5, 5.41) is 17.0. The van der Waals surface area contributed by atoms with E-state index in [-0.39, 0.29) is 11.3 Å². The number of carbonyl (C=O) groups is 2. The molecule has 0 saturated carbocycles. The molecular weight excluding hydrogens is 316 g/mol. The van der Waals surface area contributed by atoms with Crippen molar-refractivity contribution in [2.24, 2.45) is 0 Å². The van der Waals surface area contributed by atoms with Crippen molar-refractivity contribution >= 4 is 28.9 Å². The predicted molar refractivity (Wildman–Crippen MR) is 94.9 cm³/mol. The Morgan fingerprint density at radius 3 is 1.92 bits per heavy atom. The van der Waals surface area contributed by atoms with Gasteiger partial charge >= 0.3 is 0 Å². The Morgan fingerprint density at radius 2 is 1.24 bits per heavy atom. The number of benzene rings is 3. The van der Waals surface area contributed by atoms with Crippen LogP contribution in [-0.4, -0.2) is 11.9 Å². The van der Waals surface area contributed by atoms with Gasteiger partial charge in [-0.3, -0.25) is 4.79 Å². The average Bonchev–Trinajstić information content (AvgIpc) is 2.63. The highest BCUT2D eigenvalue weighted by atomic mass is 16.4. The normalized spacial score (nSPS) is 10.1. The van der Waals surface area contributed by atoms with Crippen molar-refractivity contribution in [1.29, 1.82) is 0 Å². The average molecular weight is 331 g/mol. The molecule has 5 nitrogen and oxygen atoms in total. The number of para-hydroxylation sites is 3. The number of amides is 1. The largest absolute Gasteiger partial charge is 0.545 e. The lowest BCUT2D eigenvalue weighted by molar-refractivity contribution is -0.254. The fourth-order valence-corrected chi connectivity index (χ4v) is 2.43. The van der Waals surface area contributed by atoms with Gasteiger partial charge in [-0.15, -0.1) is 0 Å². The molecule has 3 aromatic rings. The summed E-state index contributed by atoms with van der Waals surface area (Å²) in [6, 6.07) is 22.6. The third-order valence-electron chi connectivity index (χ3n) is 3.62. The predicted octanol–water partition coefficient (Wildman–Crippen LogP) is 3.05. The summed E-state index contributed by atoms with van der Waals surface area (Å²) in [5.74, 6) is -1.75. The highest BCUT2D eigenvalue weighted by Crippen LogP contribution is 2.22. The highest BCUT2D eigenvalue weighted by molar-refractivity contribution is 6.10. The summed E-state index contributed by atoms with van der Waals surface area (Å²) in [6.07, 6.45) is 0. The molecule has 0 saturated heterocycles. The Balaban J connectivity index is 1.87. The summed E-state index contributed by atoms with van der Waals surface area (Å²) in [5.41, 5.74) is 2.00. The molecule has 0 bridgehead atoms. The maximum absolute atomic E-state index is 12.6. The van der Waals surface area contributed by atoms with Crippen molar-refractivity contribution in [3.63, 3.8) is 0 Å². The molecule has 124 valence electrons. The number of anilines is 3. The first-order valence-electron chi connectivity index (χ1n) is 7.68. The molecule has 0 radical (unpaired) electrons. The summed E-state index contributed by atoms with van der Waals surface area (Å²) in [6.45, 7) is 0. The number of rotatable bonds is 5. The molecule has 0 atom stereocenters. The van der Waals surface area contributed by atoms with Gasteiger partial charge in [-0.05, 0) is 30.3 Å². The van der Waals surface area contributed by atoms with Crippen molar-refractivity contribution in [2.45, 2.75) is 0 Å². The fourth-order valence-electron chi connectivity index (χ4n) is 2.43. The molecule has 0 heterocycles. The number of hydrogen-bond acceptors (Lipinski definition) is 4. The minimum atomic E-state index is -1.34. The van der Waals surface area contributed by atoms with E-state index >= 15 is 0 Å². The smallest absolute Gasteiger partial charge is 0.257 e. The summed E-state index contributed by atoms with van der Waals surface area (Å²) in [7, 11) is 0. The molecule has 0 fully saturated rings. The molecule has 5 heteroatoms. The van der Waals surface area contributed by atoms with Crippen LogP contribution in [0.4, 0.5) is 17.1 Å². The van der Waals surface area contributed by atoms with Crippen LogP contribution in [0.5, 0.6) is 0 Å². The molecule has 0 aliphatic heterocycles. The topological polar surface area (TPSA) is 81.3 Å². The fraction of sp³-hybridized carbons (Fsp3) is 0. The van der Waals surface area contributed by atoms with E-state index in [9.17, 15) is 14.7 Å². The number of nitrogens with one attached hydrogen (secondary N) is 2. The Bertz CT molecular complexity index is 908. The second-order valence-corrected chi connectivity index (χ2v) is 5.32. The van der Waals surface area contributed by atoms with E-state index in [4.69, 9.17) is 0 Å². The van der Waals surface area contributed by atoms with Gasteiger partial charge in [0.2, 0.25) is 0 Å². The standard InChI is InChI=1S/C20H16N2O3/c23-19(22-18-13-7-5-11-16(18)20(24)25)15-10-4-6-12-17(15)21-14-8-2-1-3-9-14/h1-13,21H,(H,22,23)(H,24,25)/p-1. The van der Waals surface area contributed by atoms with Gasteiger partial charge < -0.3 is 20.5 Å². The molecule has 0 aromatic heterocycles. The molecule has 25 heavy (non-hydrogen) atoms. The van der Waals surface area contributed by atoms with Gasteiger partial charge in [0.25, 0.3) is 5.91 Å². The Morgan fingerprint density at radius 1 is 0.680 bits per heavy atom. The van der Waals surface area contributed by atoms with Crippen LogP contribution in [0.25, 0.3) is 0 Å². The SMILES string of the molecule is O=C([O-])c1ccccc1NC(=O)c1ccccc1Nc1ccccc1. The minimum absolute atomic E-state index is 0.0654. The highest BCUT2D eigenvalue weighted by Gasteiger charge is 2.13. The number of carbonyl (C=O) groups excluding carboxylic acids is 2. The van der Waals surface area contributed by atoms with E-state index in [1.54, 1.807) is 30.3 Å². The van der Waals surface area contributed by atoms with Crippen LogP contribution in [0.15, 0.2) is 78.9 Å². The monoisotopic (exact) mass is 331 g/mol. The second kappa shape index (κ2) is 7.31. The summed E-state index contributed by atoms with van der Waals surface area (Å²) in [4.78, 5) is 23.8. The first-order chi connectivity index (χ1) is 12.1. The number of carboxylic acids is 1. The molecule has 0 aliphatic carbocycles. The quantitative estimate of drug-likeness (QED) is 0.753. The number of aromatic carboxylic acids is 1. The van der Waals surface area contributed by atoms with Crippen LogP contribution in [0.2, 0.25) is 0 Å². The zero-order valence-electron chi connectivity index (χ0n) is 13.2. The van der Waals surface area contributed by atoms with E-state index < -0.39 is 11.9 Å². The maximum atomic E-state index is 12.6. The van der Waals surface area contributed by atoms with E-state index in [1.165, 1.54) is 12.1 Å². The van der Waals surface area contributed by atoms with Gasteiger partial charge in [-0.1, -0.05) is 48.5 Å². The van der Waals surface area contributed by atoms with Crippen LogP contribution in [0.1, 0.15) is 20.7 Å². The Kier molecular flexibility index (Phi) is 4.76. The van der Waals surface area contributed by atoms with Gasteiger partial charge in [0.05, 0.1) is 22.9 Å². The van der Waals surface area contributed by atoms with Crippen molar-refractivity contribution in [3.05, 3.63) is 90.0 Å². The summed E-state index contributed by atoms with van der Waals surface area (Å²) >= 11 is 0. The van der Waals surface area contributed by atoms with Crippen molar-refractivity contribution in [1.82, 2.24) is 0 Å². The van der Waals surface area contributed by atoms with Gasteiger partial charge in [0.15, 0.2) is 0 Å². The van der Waals surface area contributed by atoms with E-state index in [0.717, 1.165) is 5.69 Å². The Hall–Kier alpha value is -3.60. The second-order valence-electron chi connectivity index (χ2n) is 5.32. The van der Waals surface area contributed by atoms with E-state index in [2.05, 4.69) is 10.6 Å².